The summed E-state index contributed by atoms with van der Waals surface area (Å²) in [6.07, 6.45) is 0. The summed E-state index contributed by atoms with van der Waals surface area (Å²) in [5.74, 6) is 0. The molecule has 65 heavy (non-hydrogen) atoms. The van der Waals surface area contributed by atoms with E-state index in [1.54, 1.807) is 0 Å². The van der Waals surface area contributed by atoms with Crippen LogP contribution in [0.15, 0.2) is 195 Å². The minimum atomic E-state index is -0.0932. The van der Waals surface area contributed by atoms with E-state index in [1.165, 1.54) is 11.1 Å². The van der Waals surface area contributed by atoms with Crippen molar-refractivity contribution < 1.29 is 13.3 Å². The summed E-state index contributed by atoms with van der Waals surface area (Å²) >= 11 is 0. The lowest BCUT2D eigenvalue weighted by molar-refractivity contribution is 0.572. The maximum absolute atomic E-state index is 7.06. The summed E-state index contributed by atoms with van der Waals surface area (Å²) in [4.78, 5) is 4.62. The third-order valence-corrected chi connectivity index (χ3v) is 13.1. The van der Waals surface area contributed by atoms with Crippen molar-refractivity contribution >= 4 is 111 Å². The predicted molar refractivity (Wildman–Crippen MR) is 273 cm³/mol. The molecular weight excluding hydrogens is 797 g/mol. The fourth-order valence-corrected chi connectivity index (χ4v) is 10.1. The molecule has 0 aliphatic heterocycles. The van der Waals surface area contributed by atoms with E-state index in [-0.39, 0.29) is 10.8 Å². The summed E-state index contributed by atoms with van der Waals surface area (Å²) in [6, 6.07) is 64.5. The van der Waals surface area contributed by atoms with Crippen molar-refractivity contribution in [1.29, 1.82) is 0 Å². The van der Waals surface area contributed by atoms with E-state index in [9.17, 15) is 0 Å². The highest BCUT2D eigenvalue weighted by atomic mass is 16.3. The van der Waals surface area contributed by atoms with Crippen LogP contribution in [0.4, 0.5) is 34.1 Å². The lowest BCUT2D eigenvalue weighted by Gasteiger charge is -2.27. The van der Waals surface area contributed by atoms with Crippen LogP contribution in [0.3, 0.4) is 0 Å². The van der Waals surface area contributed by atoms with Gasteiger partial charge in [0, 0.05) is 72.3 Å². The zero-order chi connectivity index (χ0) is 44.2. The molecule has 0 unspecified atom stereocenters. The largest absolute Gasteiger partial charge is 0.456 e. The predicted octanol–water partition coefficient (Wildman–Crippen LogP) is 18.1. The molecule has 12 aromatic rings. The standard InChI is InChI=1S/C60H48N2O3/c1-59(2,3)47-29-15-25-42-44-27-17-31-49(57(44)64-55(42)47)61(37-19-9-7-10-20-37)39-33-34-46-52(35-39)63-53-36-51(40-23-13-14-24-41(40)54(46)53)62(38-21-11-8-12-22-38)50-32-18-28-45-43-26-16-30-48(60(4,5)6)56(43)65-58(45)50/h7-36H,1-6H3. The van der Waals surface area contributed by atoms with Crippen LogP contribution in [-0.4, -0.2) is 0 Å². The molecule has 5 nitrogen and oxygen atoms in total. The van der Waals surface area contributed by atoms with Crippen LogP contribution in [0.1, 0.15) is 52.7 Å². The lowest BCUT2D eigenvalue weighted by atomic mass is 9.86. The van der Waals surface area contributed by atoms with Crippen LogP contribution in [0.2, 0.25) is 0 Å². The zero-order valence-corrected chi connectivity index (χ0v) is 37.4. The summed E-state index contributed by atoms with van der Waals surface area (Å²) in [5.41, 5.74) is 13.3. The monoisotopic (exact) mass is 844 g/mol. The zero-order valence-electron chi connectivity index (χ0n) is 37.4. The number of benzene rings is 9. The minimum Gasteiger partial charge on any atom is -0.456 e. The highest BCUT2D eigenvalue weighted by Gasteiger charge is 2.28. The first kappa shape index (κ1) is 38.9. The number of fused-ring (bicyclic) bond motifs is 11. The van der Waals surface area contributed by atoms with E-state index < -0.39 is 0 Å². The van der Waals surface area contributed by atoms with E-state index in [1.807, 2.05) is 0 Å². The van der Waals surface area contributed by atoms with E-state index in [0.717, 1.165) is 111 Å². The minimum absolute atomic E-state index is 0.0852. The molecule has 0 fully saturated rings. The molecule has 0 saturated heterocycles. The molecule has 3 heterocycles. The molecule has 3 aromatic heterocycles. The van der Waals surface area contributed by atoms with E-state index in [0.29, 0.717) is 0 Å². The van der Waals surface area contributed by atoms with Crippen molar-refractivity contribution in [2.24, 2.45) is 0 Å². The fraction of sp³-hybridized carbons (Fsp3) is 0.133. The first-order valence-electron chi connectivity index (χ1n) is 22.5. The summed E-state index contributed by atoms with van der Waals surface area (Å²) in [7, 11) is 0. The average molecular weight is 845 g/mol. The van der Waals surface area contributed by atoms with Gasteiger partial charge >= 0.3 is 0 Å². The number of anilines is 6. The normalized spacial score (nSPS) is 12.5. The molecule has 5 heteroatoms. The van der Waals surface area contributed by atoms with Crippen molar-refractivity contribution in [3.8, 4) is 0 Å². The van der Waals surface area contributed by atoms with Crippen molar-refractivity contribution in [1.82, 2.24) is 0 Å². The Labute approximate surface area is 377 Å². The molecule has 0 aliphatic carbocycles. The molecule has 316 valence electrons. The van der Waals surface area contributed by atoms with Crippen LogP contribution < -0.4 is 9.80 Å². The van der Waals surface area contributed by atoms with Gasteiger partial charge in [0.25, 0.3) is 0 Å². The summed E-state index contributed by atoms with van der Waals surface area (Å²) < 4.78 is 21.0. The van der Waals surface area contributed by atoms with Gasteiger partial charge in [0.1, 0.15) is 22.3 Å². The van der Waals surface area contributed by atoms with E-state index >= 15 is 0 Å². The molecule has 0 amide bonds. The van der Waals surface area contributed by atoms with Crippen molar-refractivity contribution in [2.45, 2.75) is 52.4 Å². The van der Waals surface area contributed by atoms with Gasteiger partial charge in [-0.15, -0.1) is 0 Å². The van der Waals surface area contributed by atoms with Crippen LogP contribution in [0, 0.1) is 0 Å². The SMILES string of the molecule is CC(C)(C)c1cccc2c1oc1c(N(c3ccccc3)c3ccc4c(c3)oc3cc(N(c5ccccc5)c5cccc6c5oc5c(C(C)(C)C)cccc56)c5ccccc5c34)cccc12. The second kappa shape index (κ2) is 14.4. The molecule has 0 atom stereocenters. The third-order valence-electron chi connectivity index (χ3n) is 13.1. The quantitative estimate of drug-likeness (QED) is 0.167. The highest BCUT2D eigenvalue weighted by Crippen LogP contribution is 2.50. The number of para-hydroxylation sites is 6. The molecule has 0 N–H and O–H groups in total. The van der Waals surface area contributed by atoms with Crippen molar-refractivity contribution in [2.75, 3.05) is 9.80 Å². The second-order valence-electron chi connectivity index (χ2n) is 19.3. The van der Waals surface area contributed by atoms with E-state index in [2.05, 4.69) is 233 Å². The molecule has 0 radical (unpaired) electrons. The molecular formula is C60H48N2O3. The smallest absolute Gasteiger partial charge is 0.159 e. The number of rotatable bonds is 6. The van der Waals surface area contributed by atoms with Crippen molar-refractivity contribution in [3.63, 3.8) is 0 Å². The van der Waals surface area contributed by atoms with Gasteiger partial charge in [0.05, 0.1) is 22.7 Å². The Morgan fingerprint density at radius 3 is 1.32 bits per heavy atom. The third kappa shape index (κ3) is 6.13. The Kier molecular flexibility index (Phi) is 8.60. The topological polar surface area (TPSA) is 45.9 Å². The van der Waals surface area contributed by atoms with Crippen LogP contribution in [0.25, 0.3) is 76.6 Å². The van der Waals surface area contributed by atoms with Gasteiger partial charge in [-0.1, -0.05) is 163 Å². The Morgan fingerprint density at radius 2 is 0.769 bits per heavy atom. The van der Waals surface area contributed by atoms with Gasteiger partial charge < -0.3 is 23.1 Å². The number of nitrogens with zero attached hydrogens (tertiary/aromatic N) is 2. The molecule has 12 rings (SSSR count). The van der Waals surface area contributed by atoms with Gasteiger partial charge in [0.2, 0.25) is 0 Å². The first-order chi connectivity index (χ1) is 31.5. The molecule has 0 saturated carbocycles. The average Bonchev–Trinajstić information content (AvgIpc) is 4.01. The lowest BCUT2D eigenvalue weighted by Crippen LogP contribution is -2.11. The molecule has 9 aromatic carbocycles. The van der Waals surface area contributed by atoms with E-state index in [4.69, 9.17) is 13.3 Å². The van der Waals surface area contributed by atoms with Gasteiger partial charge in [-0.05, 0) is 64.7 Å². The number of hydrogen-bond acceptors (Lipinski definition) is 5. The first-order valence-corrected chi connectivity index (χ1v) is 22.5. The van der Waals surface area contributed by atoms with Gasteiger partial charge in [-0.2, -0.15) is 0 Å². The number of hydrogen-bond donors (Lipinski definition) is 0. The van der Waals surface area contributed by atoms with Crippen LogP contribution in [-0.2, 0) is 10.8 Å². The van der Waals surface area contributed by atoms with Gasteiger partial charge in [-0.25, -0.2) is 0 Å². The second-order valence-corrected chi connectivity index (χ2v) is 19.3. The van der Waals surface area contributed by atoms with Gasteiger partial charge in [-0.3, -0.25) is 0 Å². The number of furan rings is 3. The van der Waals surface area contributed by atoms with Crippen LogP contribution >= 0.6 is 0 Å². The Balaban J connectivity index is 1.08. The highest BCUT2D eigenvalue weighted by molar-refractivity contribution is 6.23. The molecule has 0 bridgehead atoms. The van der Waals surface area contributed by atoms with Gasteiger partial charge in [0.15, 0.2) is 11.2 Å². The molecule has 0 aliphatic rings. The Bertz CT molecular complexity index is 3800. The summed E-state index contributed by atoms with van der Waals surface area (Å²) in [6.45, 7) is 13.4. The fourth-order valence-electron chi connectivity index (χ4n) is 10.1. The maximum atomic E-state index is 7.06. The summed E-state index contributed by atoms with van der Waals surface area (Å²) in [5, 5.41) is 8.76. The van der Waals surface area contributed by atoms with Crippen LogP contribution in [0.5, 0.6) is 0 Å². The Morgan fingerprint density at radius 1 is 0.308 bits per heavy atom. The Hall–Kier alpha value is -7.76. The molecule has 0 spiro atoms. The maximum Gasteiger partial charge on any atom is 0.159 e. The van der Waals surface area contributed by atoms with Crippen molar-refractivity contribution in [3.05, 3.63) is 193 Å².